The molecule has 0 spiro atoms. The van der Waals surface area contributed by atoms with Crippen molar-refractivity contribution in [3.05, 3.63) is 16.7 Å². The van der Waals surface area contributed by atoms with E-state index in [0.717, 1.165) is 0 Å². The van der Waals surface area contributed by atoms with Crippen LogP contribution in [0.25, 0.3) is 0 Å². The van der Waals surface area contributed by atoms with Crippen molar-refractivity contribution in [1.82, 2.24) is 10.6 Å². The lowest BCUT2D eigenvalue weighted by Crippen LogP contribution is -2.39. The molecule has 6 heteroatoms. The molecule has 0 aromatic heterocycles. The molecule has 1 rings (SSSR count). The summed E-state index contributed by atoms with van der Waals surface area (Å²) >= 11 is 0. The molecule has 6 nitrogen and oxygen atoms in total. The average molecular weight is 154 g/mol. The Morgan fingerprint density at radius 1 is 1.73 bits per heavy atom. The number of carbonyl (C=O) groups is 1. The third-order valence-electron chi connectivity index (χ3n) is 1.21. The predicted molar refractivity (Wildman–Crippen MR) is 38.1 cm³/mol. The smallest absolute Gasteiger partial charge is 0.319 e. The van der Waals surface area contributed by atoms with Crippen LogP contribution in [-0.4, -0.2) is 18.4 Å². The van der Waals surface area contributed by atoms with Gasteiger partial charge < -0.3 is 10.6 Å². The van der Waals surface area contributed by atoms with E-state index < -0.39 is 0 Å². The standard InChI is InChI=1S/C5H6N4O2/c6-4(9-11)3-1-7-5(10)8-2-3/h1,6H,2H2,(H2,7,8,10). The van der Waals surface area contributed by atoms with Gasteiger partial charge in [0.2, 0.25) is 0 Å². The van der Waals surface area contributed by atoms with Gasteiger partial charge in [-0.25, -0.2) is 4.79 Å². The summed E-state index contributed by atoms with van der Waals surface area (Å²) in [5.74, 6) is -0.363. The summed E-state index contributed by atoms with van der Waals surface area (Å²) in [7, 11) is 0. The van der Waals surface area contributed by atoms with Gasteiger partial charge in [-0.05, 0) is 5.18 Å². The van der Waals surface area contributed by atoms with Gasteiger partial charge >= 0.3 is 6.03 Å². The van der Waals surface area contributed by atoms with Crippen molar-refractivity contribution < 1.29 is 4.79 Å². The van der Waals surface area contributed by atoms with Gasteiger partial charge in [-0.2, -0.15) is 0 Å². The topological polar surface area (TPSA) is 94.4 Å². The monoisotopic (exact) mass is 154 g/mol. The highest BCUT2D eigenvalue weighted by Gasteiger charge is 2.11. The molecule has 0 atom stereocenters. The molecule has 0 aliphatic carbocycles. The maximum Gasteiger partial charge on any atom is 0.319 e. The van der Waals surface area contributed by atoms with Crippen molar-refractivity contribution >= 4 is 11.9 Å². The number of amidine groups is 1. The Kier molecular flexibility index (Phi) is 1.95. The Morgan fingerprint density at radius 2 is 2.45 bits per heavy atom. The fourth-order valence-corrected chi connectivity index (χ4v) is 0.641. The van der Waals surface area contributed by atoms with Crippen LogP contribution in [0.15, 0.2) is 16.9 Å². The summed E-state index contributed by atoms with van der Waals surface area (Å²) in [6, 6.07) is -0.340. The molecule has 0 unspecified atom stereocenters. The molecule has 1 heterocycles. The molecule has 1 aliphatic rings. The summed E-state index contributed by atoms with van der Waals surface area (Å²) in [5, 5.41) is 14.1. The largest absolute Gasteiger partial charge is 0.334 e. The lowest BCUT2D eigenvalue weighted by Gasteiger charge is -2.11. The third kappa shape index (κ3) is 1.60. The van der Waals surface area contributed by atoms with Crippen LogP contribution < -0.4 is 10.6 Å². The van der Waals surface area contributed by atoms with Crippen LogP contribution in [-0.2, 0) is 0 Å². The van der Waals surface area contributed by atoms with Crippen molar-refractivity contribution in [3.63, 3.8) is 0 Å². The van der Waals surface area contributed by atoms with Gasteiger partial charge in [-0.15, -0.1) is 4.91 Å². The van der Waals surface area contributed by atoms with Crippen LogP contribution in [0.5, 0.6) is 0 Å². The second-order valence-electron chi connectivity index (χ2n) is 1.94. The first-order chi connectivity index (χ1) is 5.24. The number of nitrogens with one attached hydrogen (secondary N) is 3. The zero-order valence-corrected chi connectivity index (χ0v) is 5.55. The van der Waals surface area contributed by atoms with E-state index in [1.807, 2.05) is 0 Å². The maximum atomic E-state index is 10.5. The Bertz CT molecular complexity index is 245. The van der Waals surface area contributed by atoms with Crippen LogP contribution in [0, 0.1) is 10.3 Å². The van der Waals surface area contributed by atoms with Crippen molar-refractivity contribution in [2.24, 2.45) is 5.18 Å². The summed E-state index contributed by atoms with van der Waals surface area (Å²) < 4.78 is 0. The molecule has 11 heavy (non-hydrogen) atoms. The fourth-order valence-electron chi connectivity index (χ4n) is 0.641. The summed E-state index contributed by atoms with van der Waals surface area (Å²) in [6.45, 7) is 0.177. The lowest BCUT2D eigenvalue weighted by atomic mass is 10.2. The number of hydrogen-bond donors (Lipinski definition) is 3. The van der Waals surface area contributed by atoms with E-state index in [9.17, 15) is 9.70 Å². The normalized spacial score (nSPS) is 16.0. The maximum absolute atomic E-state index is 10.5. The molecular weight excluding hydrogens is 148 g/mol. The van der Waals surface area contributed by atoms with Gasteiger partial charge in [0, 0.05) is 18.3 Å². The van der Waals surface area contributed by atoms with Crippen molar-refractivity contribution in [1.29, 1.82) is 5.41 Å². The third-order valence-corrected chi connectivity index (χ3v) is 1.21. The van der Waals surface area contributed by atoms with Crippen LogP contribution >= 0.6 is 0 Å². The fraction of sp³-hybridized carbons (Fsp3) is 0.200. The number of carbonyl (C=O) groups excluding carboxylic acids is 1. The minimum Gasteiger partial charge on any atom is -0.334 e. The highest BCUT2D eigenvalue weighted by molar-refractivity contribution is 5.98. The average Bonchev–Trinajstić information content (AvgIpc) is 2.05. The van der Waals surface area contributed by atoms with Gasteiger partial charge in [0.05, 0.1) is 0 Å². The molecular formula is C5H6N4O2. The summed E-state index contributed by atoms with van der Waals surface area (Å²) in [5.41, 5.74) is 0.375. The van der Waals surface area contributed by atoms with Gasteiger partial charge in [0.25, 0.3) is 0 Å². The molecule has 2 amide bonds. The van der Waals surface area contributed by atoms with Gasteiger partial charge in [0.15, 0.2) is 5.84 Å². The molecule has 3 N–H and O–H groups in total. The first-order valence-corrected chi connectivity index (χ1v) is 2.89. The van der Waals surface area contributed by atoms with Gasteiger partial charge in [-0.3, -0.25) is 5.41 Å². The van der Waals surface area contributed by atoms with E-state index in [4.69, 9.17) is 5.41 Å². The van der Waals surface area contributed by atoms with Gasteiger partial charge in [0.1, 0.15) is 0 Å². The van der Waals surface area contributed by atoms with Crippen LogP contribution in [0.3, 0.4) is 0 Å². The number of rotatable bonds is 1. The molecule has 0 aromatic rings. The van der Waals surface area contributed by atoms with E-state index in [1.54, 1.807) is 0 Å². The van der Waals surface area contributed by atoms with Crippen LogP contribution in [0.2, 0.25) is 0 Å². The van der Waals surface area contributed by atoms with Gasteiger partial charge in [-0.1, -0.05) is 0 Å². The minimum atomic E-state index is -0.363. The van der Waals surface area contributed by atoms with Crippen molar-refractivity contribution in [3.8, 4) is 0 Å². The van der Waals surface area contributed by atoms with E-state index >= 15 is 0 Å². The molecule has 0 saturated heterocycles. The number of nitroso groups, excluding NO2 is 1. The zero-order chi connectivity index (χ0) is 8.27. The lowest BCUT2D eigenvalue weighted by molar-refractivity contribution is 0.244. The minimum absolute atomic E-state index is 0.177. The SMILES string of the molecule is N=C(N=O)C1=CNC(=O)NC1. The summed E-state index contributed by atoms with van der Waals surface area (Å²) in [4.78, 5) is 20.3. The van der Waals surface area contributed by atoms with E-state index in [0.29, 0.717) is 5.57 Å². The van der Waals surface area contributed by atoms with Crippen LogP contribution in [0.4, 0.5) is 4.79 Å². The highest BCUT2D eigenvalue weighted by atomic mass is 16.3. The summed E-state index contributed by atoms with van der Waals surface area (Å²) in [6.07, 6.45) is 1.29. The zero-order valence-electron chi connectivity index (χ0n) is 5.55. The molecule has 0 aromatic carbocycles. The van der Waals surface area contributed by atoms with Crippen LogP contribution in [0.1, 0.15) is 0 Å². The number of urea groups is 1. The van der Waals surface area contributed by atoms with E-state index in [1.165, 1.54) is 6.20 Å². The second kappa shape index (κ2) is 2.91. The first-order valence-electron chi connectivity index (χ1n) is 2.89. The predicted octanol–water partition coefficient (Wildman–Crippen LogP) is -0.0732. The molecule has 0 saturated carbocycles. The number of nitrogens with zero attached hydrogens (tertiary/aromatic N) is 1. The highest BCUT2D eigenvalue weighted by Crippen LogP contribution is 1.97. The van der Waals surface area contributed by atoms with E-state index in [2.05, 4.69) is 15.8 Å². The molecule has 0 fully saturated rings. The molecule has 58 valence electrons. The molecule has 1 aliphatic heterocycles. The quantitative estimate of drug-likeness (QED) is 0.280. The Morgan fingerprint density at radius 3 is 2.91 bits per heavy atom. The Labute approximate surface area is 62.1 Å². The molecule has 0 radical (unpaired) electrons. The van der Waals surface area contributed by atoms with Crippen molar-refractivity contribution in [2.75, 3.05) is 6.54 Å². The number of hydrogen-bond acceptors (Lipinski definition) is 3. The Hall–Kier alpha value is -1.72. The first kappa shape index (κ1) is 7.39. The van der Waals surface area contributed by atoms with Crippen molar-refractivity contribution in [2.45, 2.75) is 0 Å². The number of amides is 2. The Balaban J connectivity index is 2.68. The second-order valence-corrected chi connectivity index (χ2v) is 1.94. The van der Waals surface area contributed by atoms with E-state index in [-0.39, 0.29) is 18.4 Å². The molecule has 0 bridgehead atoms.